The minimum Gasteiger partial charge on any atom is -0.492 e. The molecule has 2 N–H and O–H groups in total. The summed E-state index contributed by atoms with van der Waals surface area (Å²) < 4.78 is 28.6. The van der Waals surface area contributed by atoms with Crippen LogP contribution in [0.3, 0.4) is 0 Å². The molecule has 4 nitrogen and oxygen atoms in total. The number of hydrogen-bond acceptors (Lipinski definition) is 4. The minimum atomic E-state index is -3.16. The molecule has 0 aliphatic rings. The Morgan fingerprint density at radius 1 is 1.30 bits per heavy atom. The molecule has 110 valence electrons. The summed E-state index contributed by atoms with van der Waals surface area (Å²) in [6.07, 6.45) is 0. The summed E-state index contributed by atoms with van der Waals surface area (Å²) in [6.45, 7) is 5.49. The highest BCUT2D eigenvalue weighted by Crippen LogP contribution is 2.17. The van der Waals surface area contributed by atoms with E-state index in [1.54, 1.807) is 32.9 Å². The van der Waals surface area contributed by atoms with Gasteiger partial charge in [0.1, 0.15) is 12.4 Å². The first-order chi connectivity index (χ1) is 9.26. The van der Waals surface area contributed by atoms with E-state index in [4.69, 9.17) is 10.5 Å². The zero-order valence-corrected chi connectivity index (χ0v) is 13.0. The summed E-state index contributed by atoms with van der Waals surface area (Å²) in [5.74, 6) is 6.27. The van der Waals surface area contributed by atoms with E-state index in [2.05, 4.69) is 11.8 Å². The zero-order chi connectivity index (χ0) is 15.2. The maximum absolute atomic E-state index is 11.9. The molecule has 0 unspecified atom stereocenters. The monoisotopic (exact) mass is 295 g/mol. The number of ether oxygens (including phenoxy) is 1. The molecule has 1 aromatic rings. The Bertz CT molecular complexity index is 604. The summed E-state index contributed by atoms with van der Waals surface area (Å²) >= 11 is 0. The fraction of sp³-hybridized carbons (Fsp3) is 0.467. The quantitative estimate of drug-likeness (QED) is 0.856. The maximum atomic E-state index is 11.9. The Balaban J connectivity index is 2.63. The van der Waals surface area contributed by atoms with Gasteiger partial charge in [0.25, 0.3) is 0 Å². The van der Waals surface area contributed by atoms with Crippen LogP contribution in [-0.2, 0) is 9.84 Å². The Kier molecular flexibility index (Phi) is 5.61. The molecule has 0 spiro atoms. The average molecular weight is 295 g/mol. The van der Waals surface area contributed by atoms with Gasteiger partial charge in [-0.25, -0.2) is 8.42 Å². The molecule has 0 radical (unpaired) electrons. The van der Waals surface area contributed by atoms with Crippen molar-refractivity contribution in [1.29, 1.82) is 0 Å². The average Bonchev–Trinajstić information content (AvgIpc) is 2.35. The molecule has 1 aromatic carbocycles. The van der Waals surface area contributed by atoms with Crippen molar-refractivity contribution >= 4 is 9.84 Å². The van der Waals surface area contributed by atoms with Crippen molar-refractivity contribution in [3.05, 3.63) is 29.8 Å². The molecule has 0 heterocycles. The number of benzene rings is 1. The fourth-order valence-electron chi connectivity index (χ4n) is 1.39. The predicted molar refractivity (Wildman–Crippen MR) is 81.4 cm³/mol. The summed E-state index contributed by atoms with van der Waals surface area (Å²) in [4.78, 5) is 0. The Morgan fingerprint density at radius 2 is 2.00 bits per heavy atom. The molecule has 0 saturated heterocycles. The fourth-order valence-corrected chi connectivity index (χ4v) is 2.31. The van der Waals surface area contributed by atoms with Crippen LogP contribution in [-0.4, -0.2) is 32.1 Å². The Hall–Kier alpha value is -1.51. The number of rotatable bonds is 4. The van der Waals surface area contributed by atoms with Gasteiger partial charge in [0.05, 0.1) is 17.0 Å². The largest absolute Gasteiger partial charge is 0.492 e. The molecule has 0 bridgehead atoms. The first-order valence-corrected chi connectivity index (χ1v) is 8.05. The van der Waals surface area contributed by atoms with E-state index in [0.717, 1.165) is 5.56 Å². The molecule has 0 atom stereocenters. The van der Waals surface area contributed by atoms with Crippen molar-refractivity contribution in [2.75, 3.05) is 18.9 Å². The van der Waals surface area contributed by atoms with E-state index in [1.807, 2.05) is 12.1 Å². The molecular formula is C15H21NO3S. The molecule has 0 aliphatic heterocycles. The lowest BCUT2D eigenvalue weighted by molar-refractivity contribution is 0.339. The normalized spacial score (nSPS) is 11.6. The molecule has 0 aliphatic carbocycles. The second-order valence-electron chi connectivity index (χ2n) is 5.31. The third-order valence-electron chi connectivity index (χ3n) is 2.72. The maximum Gasteiger partial charge on any atom is 0.158 e. The number of nitrogens with two attached hydrogens (primary N) is 1. The highest BCUT2D eigenvalue weighted by molar-refractivity contribution is 7.92. The van der Waals surface area contributed by atoms with Crippen molar-refractivity contribution < 1.29 is 13.2 Å². The Labute approximate surface area is 121 Å². The highest BCUT2D eigenvalue weighted by Gasteiger charge is 2.28. The van der Waals surface area contributed by atoms with Crippen LogP contribution in [0.15, 0.2) is 24.3 Å². The van der Waals surface area contributed by atoms with Crippen molar-refractivity contribution in [2.45, 2.75) is 25.5 Å². The first-order valence-electron chi connectivity index (χ1n) is 6.40. The predicted octanol–water partition coefficient (Wildman–Crippen LogP) is 1.59. The van der Waals surface area contributed by atoms with Crippen LogP contribution in [0.4, 0.5) is 0 Å². The van der Waals surface area contributed by atoms with Crippen LogP contribution in [0.1, 0.15) is 26.3 Å². The SMILES string of the molecule is CC(C)(C)S(=O)(=O)CCOc1cccc(C#CCN)c1. The van der Waals surface area contributed by atoms with Crippen LogP contribution in [0.5, 0.6) is 5.75 Å². The standard InChI is InChI=1S/C15H21NO3S/c1-15(2,3)20(17,18)11-10-19-14-8-4-6-13(12-14)7-5-9-16/h4,6,8,12H,9-11,16H2,1-3H3. The molecule has 0 fully saturated rings. The molecule has 0 aromatic heterocycles. The minimum absolute atomic E-state index is 0.00476. The summed E-state index contributed by atoms with van der Waals surface area (Å²) in [5.41, 5.74) is 6.11. The van der Waals surface area contributed by atoms with Gasteiger partial charge in [-0.15, -0.1) is 0 Å². The summed E-state index contributed by atoms with van der Waals surface area (Å²) in [6, 6.07) is 7.21. The van der Waals surface area contributed by atoms with Gasteiger partial charge in [-0.05, 0) is 39.0 Å². The van der Waals surface area contributed by atoms with Crippen LogP contribution >= 0.6 is 0 Å². The van der Waals surface area contributed by atoms with Gasteiger partial charge < -0.3 is 10.5 Å². The number of sulfone groups is 1. The molecule has 0 saturated carbocycles. The lowest BCUT2D eigenvalue weighted by atomic mass is 10.2. The third-order valence-corrected chi connectivity index (χ3v) is 5.29. The molecule has 20 heavy (non-hydrogen) atoms. The van der Waals surface area contributed by atoms with Gasteiger partial charge in [0, 0.05) is 5.56 Å². The topological polar surface area (TPSA) is 69.4 Å². The van der Waals surface area contributed by atoms with Gasteiger partial charge in [-0.1, -0.05) is 17.9 Å². The van der Waals surface area contributed by atoms with E-state index in [1.165, 1.54) is 0 Å². The molecule has 0 amide bonds. The van der Waals surface area contributed by atoms with Crippen molar-refractivity contribution in [3.63, 3.8) is 0 Å². The van der Waals surface area contributed by atoms with Gasteiger partial charge in [0.15, 0.2) is 9.84 Å². The Morgan fingerprint density at radius 3 is 2.60 bits per heavy atom. The highest BCUT2D eigenvalue weighted by atomic mass is 32.2. The van der Waals surface area contributed by atoms with E-state index < -0.39 is 14.6 Å². The summed E-state index contributed by atoms with van der Waals surface area (Å²) in [5, 5.41) is 0. The van der Waals surface area contributed by atoms with Crippen LogP contribution < -0.4 is 10.5 Å². The van der Waals surface area contributed by atoms with Crippen LogP contribution in [0, 0.1) is 11.8 Å². The molecule has 1 rings (SSSR count). The van der Waals surface area contributed by atoms with E-state index in [0.29, 0.717) is 12.3 Å². The van der Waals surface area contributed by atoms with Crippen LogP contribution in [0.2, 0.25) is 0 Å². The van der Waals surface area contributed by atoms with Crippen molar-refractivity contribution in [1.82, 2.24) is 0 Å². The van der Waals surface area contributed by atoms with Crippen molar-refractivity contribution in [3.8, 4) is 17.6 Å². The third kappa shape index (κ3) is 4.87. The zero-order valence-electron chi connectivity index (χ0n) is 12.1. The smallest absolute Gasteiger partial charge is 0.158 e. The second kappa shape index (κ2) is 6.78. The van der Waals surface area contributed by atoms with Gasteiger partial charge in [-0.3, -0.25) is 0 Å². The van der Waals surface area contributed by atoms with Gasteiger partial charge in [0.2, 0.25) is 0 Å². The summed E-state index contributed by atoms with van der Waals surface area (Å²) in [7, 11) is -3.16. The van der Waals surface area contributed by atoms with Gasteiger partial charge >= 0.3 is 0 Å². The van der Waals surface area contributed by atoms with Crippen LogP contribution in [0.25, 0.3) is 0 Å². The lowest BCUT2D eigenvalue weighted by Crippen LogP contribution is -2.32. The van der Waals surface area contributed by atoms with E-state index >= 15 is 0 Å². The lowest BCUT2D eigenvalue weighted by Gasteiger charge is -2.19. The van der Waals surface area contributed by atoms with Crippen molar-refractivity contribution in [2.24, 2.45) is 5.73 Å². The van der Waals surface area contributed by atoms with Gasteiger partial charge in [-0.2, -0.15) is 0 Å². The molecular weight excluding hydrogens is 274 g/mol. The molecule has 5 heteroatoms. The van der Waals surface area contributed by atoms with E-state index in [9.17, 15) is 8.42 Å². The second-order valence-corrected chi connectivity index (χ2v) is 8.18. The van der Waals surface area contributed by atoms with E-state index in [-0.39, 0.29) is 12.4 Å². The first kappa shape index (κ1) is 16.5. The number of hydrogen-bond donors (Lipinski definition) is 1.